The lowest BCUT2D eigenvalue weighted by atomic mass is 9.90. The Bertz CT molecular complexity index is 1170. The van der Waals surface area contributed by atoms with E-state index in [1.807, 2.05) is 24.3 Å². The maximum Gasteiger partial charge on any atom is 0.280 e. The van der Waals surface area contributed by atoms with Crippen molar-refractivity contribution in [2.24, 2.45) is 0 Å². The Kier molecular flexibility index (Phi) is 6.20. The number of rotatable bonds is 4. The van der Waals surface area contributed by atoms with Crippen molar-refractivity contribution in [3.63, 3.8) is 0 Å². The summed E-state index contributed by atoms with van der Waals surface area (Å²) in [6, 6.07) is 7.37. The second-order valence-corrected chi connectivity index (χ2v) is 11.2. The maximum atomic E-state index is 13.0. The Morgan fingerprint density at radius 1 is 1.09 bits per heavy atom. The minimum Gasteiger partial charge on any atom is -0.347 e. The van der Waals surface area contributed by atoms with Gasteiger partial charge in [-0.2, -0.15) is 0 Å². The van der Waals surface area contributed by atoms with Crippen molar-refractivity contribution < 1.29 is 9.59 Å². The van der Waals surface area contributed by atoms with Crippen molar-refractivity contribution >= 4 is 56.2 Å². The van der Waals surface area contributed by atoms with Gasteiger partial charge >= 0.3 is 0 Å². The van der Waals surface area contributed by atoms with Gasteiger partial charge in [-0.3, -0.25) is 9.59 Å². The third kappa shape index (κ3) is 4.55. The molecule has 2 atom stereocenters. The Labute approximate surface area is 200 Å². The van der Waals surface area contributed by atoms with E-state index in [0.29, 0.717) is 14.9 Å². The van der Waals surface area contributed by atoms with Gasteiger partial charge in [-0.1, -0.05) is 30.5 Å². The predicted octanol–water partition coefficient (Wildman–Crippen LogP) is 4.47. The molecule has 0 bridgehead atoms. The maximum absolute atomic E-state index is 13.0. The lowest BCUT2D eigenvalue weighted by Gasteiger charge is -2.32. The van der Waals surface area contributed by atoms with Crippen LogP contribution in [0.5, 0.6) is 0 Å². The van der Waals surface area contributed by atoms with Gasteiger partial charge in [0.15, 0.2) is 5.01 Å². The largest absolute Gasteiger partial charge is 0.347 e. The van der Waals surface area contributed by atoms with E-state index in [9.17, 15) is 9.59 Å². The molecule has 5 rings (SSSR count). The van der Waals surface area contributed by atoms with Gasteiger partial charge in [-0.05, 0) is 43.5 Å². The Hall–Kier alpha value is -2.00. The van der Waals surface area contributed by atoms with Crippen LogP contribution in [-0.4, -0.2) is 47.4 Å². The van der Waals surface area contributed by atoms with E-state index in [-0.39, 0.29) is 23.9 Å². The van der Waals surface area contributed by atoms with Gasteiger partial charge in [-0.15, -0.1) is 22.7 Å². The van der Waals surface area contributed by atoms with Crippen LogP contribution in [-0.2, 0) is 13.0 Å². The second kappa shape index (κ2) is 9.09. The summed E-state index contributed by atoms with van der Waals surface area (Å²) < 4.78 is 0.995. The van der Waals surface area contributed by atoms with E-state index in [1.165, 1.54) is 27.6 Å². The third-order valence-corrected chi connectivity index (χ3v) is 8.63. The average Bonchev–Trinajstić information content (AvgIpc) is 3.38. The molecular weight excluding hydrogens is 464 g/mol. The van der Waals surface area contributed by atoms with E-state index in [0.717, 1.165) is 61.0 Å². The van der Waals surface area contributed by atoms with Crippen LogP contribution in [0.1, 0.15) is 55.7 Å². The summed E-state index contributed by atoms with van der Waals surface area (Å²) in [5.74, 6) is -0.226. The standard InChI is InChI=1S/C23H25ClN4O2S2/c1-28-9-8-17-20(12-28)32-23(27-17)22(30)26-16-5-3-2-4-15(16)25-21(29)19-10-13-6-7-14(24)11-18(13)31-19/h6-7,10-11,15-16H,2-5,8-9,12H2,1H3,(H,25,29)(H,26,30)/t15-,16+/m0/s1. The molecule has 168 valence electrons. The zero-order valence-electron chi connectivity index (χ0n) is 17.8. The number of hydrogen-bond donors (Lipinski definition) is 2. The van der Waals surface area contributed by atoms with E-state index in [1.54, 1.807) is 0 Å². The molecular formula is C23H25ClN4O2S2. The number of nitrogens with one attached hydrogen (secondary N) is 2. The third-order valence-electron chi connectivity index (χ3n) is 6.22. The van der Waals surface area contributed by atoms with Crippen LogP contribution in [0.15, 0.2) is 24.3 Å². The highest BCUT2D eigenvalue weighted by Crippen LogP contribution is 2.29. The number of likely N-dealkylation sites (N-methyl/N-ethyl adjacent to an activating group) is 1. The SMILES string of the molecule is CN1CCc2nc(C(=O)N[C@@H]3CCCC[C@@H]3NC(=O)c3cc4ccc(Cl)cc4s3)sc2C1. The van der Waals surface area contributed by atoms with Crippen LogP contribution in [0.2, 0.25) is 5.02 Å². The van der Waals surface area contributed by atoms with Crippen LogP contribution in [0.3, 0.4) is 0 Å². The molecule has 2 amide bonds. The molecule has 6 nitrogen and oxygen atoms in total. The van der Waals surface area contributed by atoms with Crippen LogP contribution in [0, 0.1) is 0 Å². The molecule has 0 radical (unpaired) electrons. The van der Waals surface area contributed by atoms with Crippen molar-refractivity contribution in [1.82, 2.24) is 20.5 Å². The molecule has 1 aliphatic heterocycles. The van der Waals surface area contributed by atoms with Gasteiger partial charge in [0.25, 0.3) is 11.8 Å². The fourth-order valence-corrected chi connectivity index (χ4v) is 6.82. The highest BCUT2D eigenvalue weighted by molar-refractivity contribution is 7.20. The normalized spacial score (nSPS) is 21.3. The monoisotopic (exact) mass is 488 g/mol. The van der Waals surface area contributed by atoms with Crippen molar-refractivity contribution in [3.8, 4) is 0 Å². The van der Waals surface area contributed by atoms with E-state index in [2.05, 4.69) is 27.6 Å². The Morgan fingerprint density at radius 3 is 2.62 bits per heavy atom. The molecule has 32 heavy (non-hydrogen) atoms. The van der Waals surface area contributed by atoms with E-state index >= 15 is 0 Å². The average molecular weight is 489 g/mol. The molecule has 2 N–H and O–H groups in total. The molecule has 2 aromatic heterocycles. The first kappa shape index (κ1) is 21.8. The number of aromatic nitrogens is 1. The number of halogens is 1. The summed E-state index contributed by atoms with van der Waals surface area (Å²) in [5, 5.41) is 8.54. The van der Waals surface area contributed by atoms with Crippen LogP contribution in [0.4, 0.5) is 0 Å². The number of hydrogen-bond acceptors (Lipinski definition) is 6. The smallest absolute Gasteiger partial charge is 0.280 e. The highest BCUT2D eigenvalue weighted by Gasteiger charge is 2.30. The predicted molar refractivity (Wildman–Crippen MR) is 130 cm³/mol. The number of thiophene rings is 1. The Balaban J connectivity index is 1.27. The first-order valence-corrected chi connectivity index (χ1v) is 13.0. The molecule has 0 saturated heterocycles. The second-order valence-electron chi connectivity index (χ2n) is 8.61. The van der Waals surface area contributed by atoms with Gasteiger partial charge in [0.2, 0.25) is 0 Å². The van der Waals surface area contributed by atoms with Gasteiger partial charge in [-0.25, -0.2) is 4.98 Å². The number of benzene rings is 1. The molecule has 1 fully saturated rings. The fourth-order valence-electron chi connectivity index (χ4n) is 4.48. The fraction of sp³-hybridized carbons (Fsp3) is 0.435. The lowest BCUT2D eigenvalue weighted by molar-refractivity contribution is 0.0864. The van der Waals surface area contributed by atoms with E-state index in [4.69, 9.17) is 11.6 Å². The quantitative estimate of drug-likeness (QED) is 0.568. The molecule has 9 heteroatoms. The number of carbonyl (C=O) groups excluding carboxylic acids is 2. The lowest BCUT2D eigenvalue weighted by Crippen LogP contribution is -2.53. The summed E-state index contributed by atoms with van der Waals surface area (Å²) >= 11 is 9.01. The number of carbonyl (C=O) groups is 2. The van der Waals surface area contributed by atoms with Crippen molar-refractivity contribution in [3.05, 3.63) is 49.7 Å². The summed E-state index contributed by atoms with van der Waals surface area (Å²) in [7, 11) is 2.09. The van der Waals surface area contributed by atoms with Gasteiger partial charge in [0.05, 0.1) is 10.6 Å². The molecule has 1 aliphatic carbocycles. The zero-order chi connectivity index (χ0) is 22.2. The molecule has 2 aliphatic rings. The van der Waals surface area contributed by atoms with Gasteiger partial charge in [0, 0.05) is 46.2 Å². The van der Waals surface area contributed by atoms with Crippen LogP contribution in [0.25, 0.3) is 10.1 Å². The van der Waals surface area contributed by atoms with Crippen molar-refractivity contribution in [2.75, 3.05) is 13.6 Å². The van der Waals surface area contributed by atoms with Crippen LogP contribution >= 0.6 is 34.3 Å². The zero-order valence-corrected chi connectivity index (χ0v) is 20.2. The summed E-state index contributed by atoms with van der Waals surface area (Å²) in [6.07, 6.45) is 4.67. The summed E-state index contributed by atoms with van der Waals surface area (Å²) in [5.41, 5.74) is 1.05. The van der Waals surface area contributed by atoms with E-state index < -0.39 is 0 Å². The van der Waals surface area contributed by atoms with Gasteiger partial charge in [0.1, 0.15) is 0 Å². The minimum absolute atomic E-state index is 0.0882. The summed E-state index contributed by atoms with van der Waals surface area (Å²) in [6.45, 7) is 1.82. The molecule has 1 aromatic carbocycles. The number of amides is 2. The molecule has 0 spiro atoms. The first-order chi connectivity index (χ1) is 15.5. The minimum atomic E-state index is -0.130. The molecule has 0 unspecified atom stereocenters. The number of fused-ring (bicyclic) bond motifs is 2. The molecule has 3 aromatic rings. The van der Waals surface area contributed by atoms with Crippen LogP contribution < -0.4 is 10.6 Å². The molecule has 1 saturated carbocycles. The number of nitrogens with zero attached hydrogens (tertiary/aromatic N) is 2. The van der Waals surface area contributed by atoms with Crippen molar-refractivity contribution in [2.45, 2.75) is 50.7 Å². The first-order valence-electron chi connectivity index (χ1n) is 10.9. The van der Waals surface area contributed by atoms with Gasteiger partial charge < -0.3 is 15.5 Å². The Morgan fingerprint density at radius 2 is 1.84 bits per heavy atom. The number of thiazole rings is 1. The van der Waals surface area contributed by atoms with Crippen molar-refractivity contribution in [1.29, 1.82) is 0 Å². The summed E-state index contributed by atoms with van der Waals surface area (Å²) in [4.78, 5) is 34.6. The highest BCUT2D eigenvalue weighted by atomic mass is 35.5. The topological polar surface area (TPSA) is 74.3 Å². The molecule has 3 heterocycles.